The van der Waals surface area contributed by atoms with Gasteiger partial charge in [0.25, 0.3) is 0 Å². The number of hydrogen-bond donors (Lipinski definition) is 1. The van der Waals surface area contributed by atoms with Gasteiger partial charge in [-0.05, 0) is 19.6 Å². The van der Waals surface area contributed by atoms with E-state index in [1.807, 2.05) is 0 Å². The van der Waals surface area contributed by atoms with Crippen LogP contribution in [0, 0.1) is 0 Å². The molecule has 2 atom stereocenters. The molecule has 0 heterocycles. The van der Waals surface area contributed by atoms with E-state index in [9.17, 15) is 9.46 Å². The van der Waals surface area contributed by atoms with Crippen molar-refractivity contribution >= 4 is 50.9 Å². The molecule has 0 saturated heterocycles. The van der Waals surface area contributed by atoms with Crippen LogP contribution in [0.25, 0.3) is 0 Å². The van der Waals surface area contributed by atoms with Crippen molar-refractivity contribution in [1.29, 1.82) is 0 Å². The second-order valence-electron chi connectivity index (χ2n) is 3.46. The quantitative estimate of drug-likeness (QED) is 0.481. The van der Waals surface area contributed by atoms with Gasteiger partial charge >= 0.3 is 7.82 Å². The number of rotatable bonds is 5. The Hall–Kier alpha value is 1.20. The van der Waals surface area contributed by atoms with Crippen molar-refractivity contribution in [3.63, 3.8) is 0 Å². The Bertz CT molecular complexity index is 232. The normalized spacial score (nSPS) is 19.4. The van der Waals surface area contributed by atoms with E-state index in [0.29, 0.717) is 0 Å². The highest BCUT2D eigenvalue weighted by Crippen LogP contribution is 2.48. The molecule has 86 valence electrons. The van der Waals surface area contributed by atoms with E-state index in [1.54, 1.807) is 19.6 Å². The van der Waals surface area contributed by atoms with Gasteiger partial charge in [0, 0.05) is 0 Å². The topological polar surface area (TPSA) is 55.8 Å². The van der Waals surface area contributed by atoms with Crippen LogP contribution in [0.3, 0.4) is 0 Å². The number of phosphoric ester groups is 1. The van der Waals surface area contributed by atoms with Crippen LogP contribution in [0.4, 0.5) is 0 Å². The fourth-order valence-electron chi connectivity index (χ4n) is 0.541. The first-order chi connectivity index (χ1) is 6.03. The number of phosphoric acid groups is 1. The predicted molar refractivity (Wildman–Crippen MR) is 60.5 cm³/mol. The summed E-state index contributed by atoms with van der Waals surface area (Å²) in [4.78, 5) is 8.12. The van der Waals surface area contributed by atoms with E-state index in [2.05, 4.69) is 4.52 Å². The number of hydrogen-bond acceptors (Lipinski definition) is 3. The standard InChI is InChI=1S/C5H12Cl3O4PSi/c1-14(2,3)12-13(9,10)11-5(8)4(6)7/h4-5H,1-3H3,(H,9,10). The molecule has 4 nitrogen and oxygen atoms in total. The van der Waals surface area contributed by atoms with Crippen LogP contribution in [0.1, 0.15) is 0 Å². The molecule has 0 bridgehead atoms. The largest absolute Gasteiger partial charge is 0.463 e. The molecule has 0 rings (SSSR count). The van der Waals surface area contributed by atoms with Crippen molar-refractivity contribution < 1.29 is 18.2 Å². The molecule has 0 spiro atoms. The minimum absolute atomic E-state index is 1.10. The molecule has 0 saturated carbocycles. The maximum atomic E-state index is 11.3. The first-order valence-electron chi connectivity index (χ1n) is 3.68. The van der Waals surface area contributed by atoms with Crippen LogP contribution < -0.4 is 0 Å². The molecule has 1 N–H and O–H groups in total. The zero-order chi connectivity index (χ0) is 11.6. The van der Waals surface area contributed by atoms with Crippen molar-refractivity contribution in [1.82, 2.24) is 0 Å². The smallest absolute Gasteiger partial charge is 0.330 e. The van der Waals surface area contributed by atoms with Crippen LogP contribution in [0.15, 0.2) is 0 Å². The molecule has 9 heteroatoms. The third kappa shape index (κ3) is 7.48. The molecule has 0 radical (unpaired) electrons. The zero-order valence-corrected chi connectivity index (χ0v) is 12.1. The zero-order valence-electron chi connectivity index (χ0n) is 7.91. The maximum absolute atomic E-state index is 11.3. The summed E-state index contributed by atoms with van der Waals surface area (Å²) >= 11 is 16.1. The third-order valence-corrected chi connectivity index (χ3v) is 5.61. The van der Waals surface area contributed by atoms with Crippen molar-refractivity contribution in [3.8, 4) is 0 Å². The Kier molecular flexibility index (Phi) is 5.97. The number of halogens is 3. The second-order valence-corrected chi connectivity index (χ2v) is 11.2. The Morgan fingerprint density at radius 1 is 1.29 bits per heavy atom. The van der Waals surface area contributed by atoms with Crippen molar-refractivity contribution in [2.24, 2.45) is 0 Å². The van der Waals surface area contributed by atoms with Crippen molar-refractivity contribution in [3.05, 3.63) is 0 Å². The molecule has 0 aliphatic rings. The van der Waals surface area contributed by atoms with Gasteiger partial charge in [0.1, 0.15) is 4.84 Å². The highest BCUT2D eigenvalue weighted by molar-refractivity contribution is 7.49. The SMILES string of the molecule is C[Si](C)(C)OP(=O)(O)OC(Cl)C(Cl)Cl. The molecule has 0 aliphatic carbocycles. The summed E-state index contributed by atoms with van der Waals surface area (Å²) in [6, 6.07) is 0. The summed E-state index contributed by atoms with van der Waals surface area (Å²) in [5, 5.41) is 0. The Morgan fingerprint density at radius 3 is 2.00 bits per heavy atom. The lowest BCUT2D eigenvalue weighted by atomic mass is 10.8. The Labute approximate surface area is 99.2 Å². The average molecular weight is 302 g/mol. The van der Waals surface area contributed by atoms with Gasteiger partial charge in [-0.2, -0.15) is 0 Å². The summed E-state index contributed by atoms with van der Waals surface area (Å²) in [5.41, 5.74) is -1.27. The monoisotopic (exact) mass is 300 g/mol. The third-order valence-electron chi connectivity index (χ3n) is 0.821. The maximum Gasteiger partial charge on any atom is 0.463 e. The summed E-state index contributed by atoms with van der Waals surface area (Å²) in [6.07, 6.45) is 0. The van der Waals surface area contributed by atoms with Crippen LogP contribution >= 0.6 is 42.6 Å². The minimum atomic E-state index is -4.16. The van der Waals surface area contributed by atoms with Gasteiger partial charge in [0.05, 0.1) is 0 Å². The van der Waals surface area contributed by atoms with E-state index in [1.165, 1.54) is 0 Å². The van der Waals surface area contributed by atoms with Gasteiger partial charge in [0.15, 0.2) is 13.9 Å². The summed E-state index contributed by atoms with van der Waals surface area (Å²) in [5.74, 6) is 0. The Balaban J connectivity index is 4.29. The molecular weight excluding hydrogens is 289 g/mol. The average Bonchev–Trinajstić information content (AvgIpc) is 1.78. The van der Waals surface area contributed by atoms with Gasteiger partial charge < -0.3 is 9.11 Å². The lowest BCUT2D eigenvalue weighted by Crippen LogP contribution is -2.25. The molecule has 0 fully saturated rings. The predicted octanol–water partition coefficient (Wildman–Crippen LogP) is 3.32. The molecular formula is C5H12Cl3O4PSi. The van der Waals surface area contributed by atoms with Crippen molar-refractivity contribution in [2.75, 3.05) is 0 Å². The molecule has 0 aromatic carbocycles. The summed E-state index contributed by atoms with van der Waals surface area (Å²) in [6.45, 7) is 5.21. The molecule has 0 aromatic rings. The first kappa shape index (κ1) is 15.2. The van der Waals surface area contributed by atoms with Gasteiger partial charge in [-0.1, -0.05) is 11.6 Å². The van der Waals surface area contributed by atoms with E-state index in [-0.39, 0.29) is 0 Å². The fraction of sp³-hybridized carbons (Fsp3) is 1.00. The van der Waals surface area contributed by atoms with E-state index >= 15 is 0 Å². The summed E-state index contributed by atoms with van der Waals surface area (Å²) in [7, 11) is -6.34. The molecule has 0 amide bonds. The Morgan fingerprint density at radius 2 is 1.71 bits per heavy atom. The molecule has 2 unspecified atom stereocenters. The number of alkyl halides is 3. The van der Waals surface area contributed by atoms with Crippen LogP contribution in [0.5, 0.6) is 0 Å². The van der Waals surface area contributed by atoms with E-state index in [4.69, 9.17) is 39.0 Å². The lowest BCUT2D eigenvalue weighted by Gasteiger charge is -2.23. The van der Waals surface area contributed by atoms with E-state index in [0.717, 1.165) is 0 Å². The highest BCUT2D eigenvalue weighted by Gasteiger charge is 2.34. The van der Waals surface area contributed by atoms with Crippen molar-refractivity contribution in [2.45, 2.75) is 30.0 Å². The highest BCUT2D eigenvalue weighted by atomic mass is 35.5. The van der Waals surface area contributed by atoms with Gasteiger partial charge in [-0.25, -0.2) is 4.57 Å². The van der Waals surface area contributed by atoms with Crippen LogP contribution in [-0.4, -0.2) is 23.6 Å². The summed E-state index contributed by atoms with van der Waals surface area (Å²) < 4.78 is 20.7. The minimum Gasteiger partial charge on any atom is -0.330 e. The second kappa shape index (κ2) is 5.50. The lowest BCUT2D eigenvalue weighted by molar-refractivity contribution is 0.189. The fourth-order valence-corrected chi connectivity index (χ4v) is 4.41. The van der Waals surface area contributed by atoms with Crippen LogP contribution in [-0.2, 0) is 13.3 Å². The van der Waals surface area contributed by atoms with Gasteiger partial charge in [-0.15, -0.1) is 23.2 Å². The molecule has 0 aromatic heterocycles. The molecule has 0 aliphatic heterocycles. The van der Waals surface area contributed by atoms with Gasteiger partial charge in [0.2, 0.25) is 0 Å². The molecule has 14 heavy (non-hydrogen) atoms. The van der Waals surface area contributed by atoms with E-state index < -0.39 is 26.5 Å². The van der Waals surface area contributed by atoms with Gasteiger partial charge in [-0.3, -0.25) is 4.52 Å². The first-order valence-corrected chi connectivity index (χ1v) is 9.89. The van der Waals surface area contributed by atoms with Crippen LogP contribution in [0.2, 0.25) is 19.6 Å².